The number of rotatable bonds is 6. The van der Waals surface area contributed by atoms with Crippen LogP contribution in [0.2, 0.25) is 0 Å². The van der Waals surface area contributed by atoms with Crippen molar-refractivity contribution in [3.05, 3.63) is 66.2 Å². The van der Waals surface area contributed by atoms with Crippen LogP contribution < -0.4 is 4.90 Å². The summed E-state index contributed by atoms with van der Waals surface area (Å²) < 4.78 is 5.43. The summed E-state index contributed by atoms with van der Waals surface area (Å²) >= 11 is 0. The lowest BCUT2D eigenvalue weighted by molar-refractivity contribution is -0.153. The predicted octanol–water partition coefficient (Wildman–Crippen LogP) is 3.67. The smallest absolute Gasteiger partial charge is 0.332 e. The Kier molecular flexibility index (Phi) is 6.87. The number of carbonyl (C=O) groups is 3. The molecular formula is C24H28N2O4. The molecule has 1 heterocycles. The van der Waals surface area contributed by atoms with Crippen molar-refractivity contribution < 1.29 is 19.1 Å². The van der Waals surface area contributed by atoms with E-state index < -0.39 is 11.5 Å². The molecule has 0 aliphatic carbocycles. The molecule has 0 atom stereocenters. The molecular weight excluding hydrogens is 380 g/mol. The molecule has 0 spiro atoms. The minimum absolute atomic E-state index is 0.0684. The van der Waals surface area contributed by atoms with Crippen molar-refractivity contribution >= 4 is 23.5 Å². The molecule has 0 N–H and O–H groups in total. The number of anilines is 1. The third kappa shape index (κ3) is 4.22. The maximum Gasteiger partial charge on any atom is 0.332 e. The van der Waals surface area contributed by atoms with Gasteiger partial charge in [-0.3, -0.25) is 14.5 Å². The molecule has 1 aliphatic heterocycles. The zero-order valence-electron chi connectivity index (χ0n) is 17.5. The topological polar surface area (TPSA) is 66.9 Å². The number of amides is 2. The first-order valence-corrected chi connectivity index (χ1v) is 10.4. The summed E-state index contributed by atoms with van der Waals surface area (Å²) in [7, 11) is 0. The molecule has 6 heteroatoms. The number of likely N-dealkylation sites (tertiary alicyclic amines) is 1. The minimum Gasteiger partial charge on any atom is -0.464 e. The molecule has 0 bridgehead atoms. The highest BCUT2D eigenvalue weighted by atomic mass is 16.5. The van der Waals surface area contributed by atoms with E-state index in [9.17, 15) is 14.4 Å². The fourth-order valence-electron chi connectivity index (χ4n) is 3.99. The van der Waals surface area contributed by atoms with Gasteiger partial charge in [-0.25, -0.2) is 4.79 Å². The van der Waals surface area contributed by atoms with Gasteiger partial charge in [-0.2, -0.15) is 0 Å². The first-order chi connectivity index (χ1) is 14.5. The lowest BCUT2D eigenvalue weighted by Crippen LogP contribution is -2.63. The number of carbonyl (C=O) groups excluding carboxylic acids is 3. The first kappa shape index (κ1) is 21.6. The molecule has 2 amide bonds. The van der Waals surface area contributed by atoms with Crippen LogP contribution in [0.1, 0.15) is 43.5 Å². The second-order valence-corrected chi connectivity index (χ2v) is 7.33. The van der Waals surface area contributed by atoms with Gasteiger partial charge in [0.2, 0.25) is 5.91 Å². The molecule has 1 aliphatic rings. The van der Waals surface area contributed by atoms with Crippen LogP contribution >= 0.6 is 0 Å². The average molecular weight is 408 g/mol. The zero-order valence-corrected chi connectivity index (χ0v) is 17.5. The molecule has 30 heavy (non-hydrogen) atoms. The standard InChI is InChI=1S/C24H28N2O4/c1-3-21(27)26(20-13-9-6-10-14-20)24(23(29)30-4-2)15-17-25(18-16-24)22(28)19-11-7-5-8-12-19/h5-14H,3-4,15-18H2,1-2H3. The summed E-state index contributed by atoms with van der Waals surface area (Å²) in [4.78, 5) is 42.4. The van der Waals surface area contributed by atoms with Crippen LogP contribution in [0.4, 0.5) is 5.69 Å². The Morgan fingerprint density at radius 3 is 2.03 bits per heavy atom. The van der Waals surface area contributed by atoms with Crippen LogP contribution in [0.15, 0.2) is 60.7 Å². The fourth-order valence-corrected chi connectivity index (χ4v) is 3.99. The van der Waals surface area contributed by atoms with Crippen LogP contribution in [0.3, 0.4) is 0 Å². The summed E-state index contributed by atoms with van der Waals surface area (Å²) in [5.74, 6) is -0.624. The lowest BCUT2D eigenvalue weighted by atomic mass is 9.84. The van der Waals surface area contributed by atoms with E-state index >= 15 is 0 Å². The van der Waals surface area contributed by atoms with E-state index in [1.165, 1.54) is 0 Å². The van der Waals surface area contributed by atoms with Crippen LogP contribution in [0, 0.1) is 0 Å². The van der Waals surface area contributed by atoms with E-state index in [1.807, 2.05) is 48.5 Å². The second-order valence-electron chi connectivity index (χ2n) is 7.33. The molecule has 0 aromatic heterocycles. The van der Waals surface area contributed by atoms with Gasteiger partial charge < -0.3 is 9.64 Å². The van der Waals surface area contributed by atoms with E-state index in [0.29, 0.717) is 37.2 Å². The van der Waals surface area contributed by atoms with Crippen molar-refractivity contribution in [2.45, 2.75) is 38.6 Å². The zero-order chi connectivity index (χ0) is 21.6. The van der Waals surface area contributed by atoms with Crippen molar-refractivity contribution in [2.75, 3.05) is 24.6 Å². The van der Waals surface area contributed by atoms with Crippen molar-refractivity contribution in [1.29, 1.82) is 0 Å². The number of benzene rings is 2. The molecule has 0 radical (unpaired) electrons. The van der Waals surface area contributed by atoms with Gasteiger partial charge in [0.25, 0.3) is 5.91 Å². The number of ether oxygens (including phenoxy) is 1. The van der Waals surface area contributed by atoms with E-state index in [0.717, 1.165) is 0 Å². The van der Waals surface area contributed by atoms with Crippen LogP contribution in [0.5, 0.6) is 0 Å². The maximum absolute atomic E-state index is 13.2. The quantitative estimate of drug-likeness (QED) is 0.684. The van der Waals surface area contributed by atoms with Gasteiger partial charge >= 0.3 is 5.97 Å². The highest BCUT2D eigenvalue weighted by molar-refractivity contribution is 6.02. The molecule has 2 aromatic rings. The summed E-state index contributed by atoms with van der Waals surface area (Å²) in [5.41, 5.74) is 0.156. The first-order valence-electron chi connectivity index (χ1n) is 10.4. The van der Waals surface area contributed by atoms with Gasteiger partial charge in [-0.05, 0) is 44.0 Å². The molecule has 158 valence electrons. The molecule has 1 saturated heterocycles. The largest absolute Gasteiger partial charge is 0.464 e. The molecule has 0 saturated carbocycles. The third-order valence-electron chi connectivity index (χ3n) is 5.55. The van der Waals surface area contributed by atoms with Gasteiger partial charge in [0.1, 0.15) is 5.54 Å². The average Bonchev–Trinajstić information content (AvgIpc) is 2.80. The fraction of sp³-hybridized carbons (Fsp3) is 0.375. The van der Waals surface area contributed by atoms with Crippen molar-refractivity contribution in [1.82, 2.24) is 4.90 Å². The summed E-state index contributed by atoms with van der Waals surface area (Å²) in [6.07, 6.45) is 0.915. The minimum atomic E-state index is -1.13. The normalized spacial score (nSPS) is 15.3. The van der Waals surface area contributed by atoms with Crippen molar-refractivity contribution in [2.24, 2.45) is 0 Å². The van der Waals surface area contributed by atoms with Crippen LogP contribution in [0.25, 0.3) is 0 Å². The van der Waals surface area contributed by atoms with E-state index in [-0.39, 0.29) is 24.8 Å². The lowest BCUT2D eigenvalue weighted by Gasteiger charge is -2.46. The Bertz CT molecular complexity index is 875. The molecule has 6 nitrogen and oxygen atoms in total. The molecule has 0 unspecified atom stereocenters. The van der Waals surface area contributed by atoms with Gasteiger partial charge in [0.15, 0.2) is 0 Å². The van der Waals surface area contributed by atoms with E-state index in [4.69, 9.17) is 4.74 Å². The number of piperidine rings is 1. The van der Waals surface area contributed by atoms with Crippen LogP contribution in [-0.4, -0.2) is 47.9 Å². The summed E-state index contributed by atoms with van der Waals surface area (Å²) in [6, 6.07) is 18.3. The highest BCUT2D eigenvalue weighted by Gasteiger charge is 2.50. The third-order valence-corrected chi connectivity index (χ3v) is 5.55. The Morgan fingerprint density at radius 2 is 1.50 bits per heavy atom. The summed E-state index contributed by atoms with van der Waals surface area (Å²) in [6.45, 7) is 4.51. The Hall–Kier alpha value is -3.15. The number of hydrogen-bond donors (Lipinski definition) is 0. The highest BCUT2D eigenvalue weighted by Crippen LogP contribution is 2.35. The Balaban J connectivity index is 1.92. The molecule has 2 aromatic carbocycles. The predicted molar refractivity (Wildman–Crippen MR) is 115 cm³/mol. The Labute approximate surface area is 177 Å². The van der Waals surface area contributed by atoms with Gasteiger partial charge in [0, 0.05) is 30.8 Å². The molecule has 3 rings (SSSR count). The van der Waals surface area contributed by atoms with Crippen molar-refractivity contribution in [3.63, 3.8) is 0 Å². The van der Waals surface area contributed by atoms with E-state index in [2.05, 4.69) is 0 Å². The number of esters is 1. The monoisotopic (exact) mass is 408 g/mol. The van der Waals surface area contributed by atoms with Gasteiger partial charge in [0.05, 0.1) is 6.61 Å². The Morgan fingerprint density at radius 1 is 0.933 bits per heavy atom. The number of nitrogens with zero attached hydrogens (tertiary/aromatic N) is 2. The van der Waals surface area contributed by atoms with E-state index in [1.54, 1.807) is 35.8 Å². The maximum atomic E-state index is 13.2. The SMILES string of the molecule is CCOC(=O)C1(N(C(=O)CC)c2ccccc2)CCN(C(=O)c2ccccc2)CC1. The van der Waals surface area contributed by atoms with Gasteiger partial charge in [-0.1, -0.05) is 43.3 Å². The van der Waals surface area contributed by atoms with Crippen molar-refractivity contribution in [3.8, 4) is 0 Å². The van der Waals surface area contributed by atoms with Crippen LogP contribution in [-0.2, 0) is 14.3 Å². The number of para-hydroxylation sites is 1. The summed E-state index contributed by atoms with van der Waals surface area (Å²) in [5, 5.41) is 0. The number of hydrogen-bond acceptors (Lipinski definition) is 4. The van der Waals surface area contributed by atoms with Gasteiger partial charge in [-0.15, -0.1) is 0 Å². The second kappa shape index (κ2) is 9.57. The molecule has 1 fully saturated rings.